The van der Waals surface area contributed by atoms with Crippen LogP contribution in [0.15, 0.2) is 41.4 Å². The van der Waals surface area contributed by atoms with E-state index < -0.39 is 31.9 Å². The number of hydrogen-bond acceptors (Lipinski definition) is 4. The van der Waals surface area contributed by atoms with Gasteiger partial charge in [-0.1, -0.05) is 0 Å². The van der Waals surface area contributed by atoms with Crippen molar-refractivity contribution >= 4 is 32.1 Å². The van der Waals surface area contributed by atoms with Gasteiger partial charge in [0.05, 0.1) is 11.7 Å². The van der Waals surface area contributed by atoms with Crippen molar-refractivity contribution in [3.63, 3.8) is 0 Å². The predicted molar refractivity (Wildman–Crippen MR) is 79.0 cm³/mol. The van der Waals surface area contributed by atoms with E-state index in [9.17, 15) is 30.4 Å². The summed E-state index contributed by atoms with van der Waals surface area (Å²) in [6.07, 6.45) is 1.10. The summed E-state index contributed by atoms with van der Waals surface area (Å²) in [5, 5.41) is 8.37. The van der Waals surface area contributed by atoms with Crippen LogP contribution in [0.1, 0.15) is 0 Å². The molecule has 0 aliphatic rings. The number of H-pyrrole nitrogens is 1. The first-order valence-corrected chi connectivity index (χ1v) is 8.08. The number of fused-ring (bicyclic) bond motifs is 1. The molecule has 3 aromatic rings. The van der Waals surface area contributed by atoms with Crippen molar-refractivity contribution in [2.75, 3.05) is 5.32 Å². The molecule has 0 radical (unpaired) electrons. The van der Waals surface area contributed by atoms with Crippen LogP contribution >= 0.6 is 0 Å². The Bertz CT molecular complexity index is 1040. The fourth-order valence-electron chi connectivity index (χ4n) is 2.25. The topological polar surface area (TPSA) is 74.8 Å². The second-order valence-corrected chi connectivity index (χ2v) is 6.91. The van der Waals surface area contributed by atoms with E-state index in [1.807, 2.05) is 0 Å². The number of alkyl halides is 3. The lowest BCUT2D eigenvalue weighted by Crippen LogP contribution is -2.23. The Morgan fingerprint density at radius 3 is 2.28 bits per heavy atom. The Morgan fingerprint density at radius 1 is 1.04 bits per heavy atom. The quantitative estimate of drug-likeness (QED) is 0.680. The van der Waals surface area contributed by atoms with E-state index in [0.29, 0.717) is 6.07 Å². The van der Waals surface area contributed by atoms with Gasteiger partial charge in [0.1, 0.15) is 16.5 Å². The zero-order chi connectivity index (χ0) is 18.4. The molecular formula is C14H8F5N3O2S. The largest absolute Gasteiger partial charge is 0.501 e. The number of aromatic amines is 1. The predicted octanol–water partition coefficient (Wildman–Crippen LogP) is 3.88. The smallest absolute Gasteiger partial charge is 0.355 e. The summed E-state index contributed by atoms with van der Waals surface area (Å²) in [5.74, 6) is -1.72. The van der Waals surface area contributed by atoms with Gasteiger partial charge in [-0.15, -0.1) is 0 Å². The molecule has 0 saturated heterocycles. The summed E-state index contributed by atoms with van der Waals surface area (Å²) in [7, 11) is -5.60. The highest BCUT2D eigenvalue weighted by Crippen LogP contribution is 2.36. The maximum atomic E-state index is 13.2. The lowest BCUT2D eigenvalue weighted by atomic mass is 10.2. The molecule has 25 heavy (non-hydrogen) atoms. The molecule has 0 aliphatic carbocycles. The molecule has 0 unspecified atom stereocenters. The zero-order valence-electron chi connectivity index (χ0n) is 12.0. The van der Waals surface area contributed by atoms with Gasteiger partial charge < -0.3 is 5.32 Å². The summed E-state index contributed by atoms with van der Waals surface area (Å²) < 4.78 is 88.0. The number of aromatic nitrogens is 2. The molecular weight excluding hydrogens is 369 g/mol. The van der Waals surface area contributed by atoms with Gasteiger partial charge in [-0.25, -0.2) is 17.2 Å². The van der Waals surface area contributed by atoms with Crippen molar-refractivity contribution in [3.8, 4) is 0 Å². The lowest BCUT2D eigenvalue weighted by molar-refractivity contribution is -0.0435. The average molecular weight is 377 g/mol. The molecule has 2 N–H and O–H groups in total. The molecule has 0 aliphatic heterocycles. The van der Waals surface area contributed by atoms with Crippen LogP contribution in [0.5, 0.6) is 0 Å². The molecule has 0 amide bonds. The van der Waals surface area contributed by atoms with Crippen LogP contribution in [0.2, 0.25) is 0 Å². The Morgan fingerprint density at radius 2 is 1.68 bits per heavy atom. The molecule has 5 nitrogen and oxygen atoms in total. The summed E-state index contributed by atoms with van der Waals surface area (Å²) in [5.41, 5.74) is -5.74. The zero-order valence-corrected chi connectivity index (χ0v) is 12.8. The first kappa shape index (κ1) is 17.1. The number of nitrogens with zero attached hydrogens (tertiary/aromatic N) is 1. The summed E-state index contributed by atoms with van der Waals surface area (Å²) in [6.45, 7) is 0. The third kappa shape index (κ3) is 3.02. The highest BCUT2D eigenvalue weighted by atomic mass is 32.2. The third-order valence-electron chi connectivity index (χ3n) is 3.31. The van der Waals surface area contributed by atoms with Crippen LogP contribution in [0, 0.1) is 11.6 Å². The van der Waals surface area contributed by atoms with Crippen LogP contribution in [0.3, 0.4) is 0 Å². The average Bonchev–Trinajstić information content (AvgIpc) is 2.94. The van der Waals surface area contributed by atoms with E-state index in [-0.39, 0.29) is 22.3 Å². The lowest BCUT2D eigenvalue weighted by Gasteiger charge is -2.12. The van der Waals surface area contributed by atoms with Crippen LogP contribution in [-0.4, -0.2) is 24.1 Å². The molecule has 132 valence electrons. The van der Waals surface area contributed by atoms with Gasteiger partial charge in [-0.2, -0.15) is 18.3 Å². The standard InChI is InChI=1S/C14H8F5N3O2S/c15-7-3-8(16)5-9(4-7)21-11-1-2-12(13-10(11)6-20-22-13)25(23,24)14(17,18)19/h1-6,21H,(H,20,22). The van der Waals surface area contributed by atoms with E-state index in [0.717, 1.165) is 30.5 Å². The van der Waals surface area contributed by atoms with E-state index in [2.05, 4.69) is 15.5 Å². The van der Waals surface area contributed by atoms with Crippen molar-refractivity contribution in [1.82, 2.24) is 10.2 Å². The SMILES string of the molecule is O=S(=O)(c1ccc(Nc2cc(F)cc(F)c2)c2cn[nH]c12)C(F)(F)F. The van der Waals surface area contributed by atoms with Gasteiger partial charge in [0.2, 0.25) is 0 Å². The normalized spacial score (nSPS) is 12.5. The number of hydrogen-bond donors (Lipinski definition) is 2. The Labute approximate surface area is 137 Å². The molecule has 0 fully saturated rings. The summed E-state index contributed by atoms with van der Waals surface area (Å²) in [6, 6.07) is 4.38. The first-order chi connectivity index (χ1) is 11.6. The monoisotopic (exact) mass is 377 g/mol. The van der Waals surface area contributed by atoms with Crippen molar-refractivity contribution < 1.29 is 30.4 Å². The molecule has 1 heterocycles. The highest BCUT2D eigenvalue weighted by Gasteiger charge is 2.48. The van der Waals surface area contributed by atoms with Gasteiger partial charge >= 0.3 is 5.51 Å². The fraction of sp³-hybridized carbons (Fsp3) is 0.0714. The van der Waals surface area contributed by atoms with Crippen LogP contribution < -0.4 is 5.32 Å². The minimum Gasteiger partial charge on any atom is -0.355 e. The second kappa shape index (κ2) is 5.69. The van der Waals surface area contributed by atoms with Gasteiger partial charge in [0.25, 0.3) is 9.84 Å². The van der Waals surface area contributed by atoms with Crippen molar-refractivity contribution in [2.24, 2.45) is 0 Å². The van der Waals surface area contributed by atoms with E-state index in [1.54, 1.807) is 0 Å². The number of benzene rings is 2. The molecule has 2 aromatic carbocycles. The first-order valence-electron chi connectivity index (χ1n) is 6.60. The minimum atomic E-state index is -5.60. The van der Waals surface area contributed by atoms with Gasteiger partial charge in [-0.3, -0.25) is 5.10 Å². The van der Waals surface area contributed by atoms with E-state index in [1.165, 1.54) is 0 Å². The number of anilines is 2. The third-order valence-corrected chi connectivity index (χ3v) is 4.84. The molecule has 11 heteroatoms. The summed E-state index contributed by atoms with van der Waals surface area (Å²) in [4.78, 5) is -0.997. The van der Waals surface area contributed by atoms with E-state index in [4.69, 9.17) is 0 Å². The van der Waals surface area contributed by atoms with Gasteiger partial charge in [-0.05, 0) is 24.3 Å². The number of sulfone groups is 1. The number of halogens is 5. The number of rotatable bonds is 3. The highest BCUT2D eigenvalue weighted by molar-refractivity contribution is 7.92. The minimum absolute atomic E-state index is 0.00794. The molecule has 0 saturated carbocycles. The second-order valence-electron chi connectivity index (χ2n) is 5.00. The molecule has 0 bridgehead atoms. The van der Waals surface area contributed by atoms with Gasteiger partial charge in [0.15, 0.2) is 0 Å². The maximum absolute atomic E-state index is 13.2. The molecule has 3 rings (SSSR count). The molecule has 0 spiro atoms. The fourth-order valence-corrected chi connectivity index (χ4v) is 3.17. The molecule has 1 aromatic heterocycles. The van der Waals surface area contributed by atoms with Crippen molar-refractivity contribution in [3.05, 3.63) is 48.2 Å². The van der Waals surface area contributed by atoms with Crippen molar-refractivity contribution in [1.29, 1.82) is 0 Å². The summed E-state index contributed by atoms with van der Waals surface area (Å²) >= 11 is 0. The Balaban J connectivity index is 2.12. The number of nitrogens with one attached hydrogen (secondary N) is 2. The van der Waals surface area contributed by atoms with Crippen molar-refractivity contribution in [2.45, 2.75) is 10.4 Å². The van der Waals surface area contributed by atoms with Crippen LogP contribution in [0.4, 0.5) is 33.3 Å². The maximum Gasteiger partial charge on any atom is 0.501 e. The van der Waals surface area contributed by atoms with E-state index >= 15 is 0 Å². The molecule has 0 atom stereocenters. The van der Waals surface area contributed by atoms with Gasteiger partial charge in [0, 0.05) is 22.8 Å². The van der Waals surface area contributed by atoms with Crippen LogP contribution in [-0.2, 0) is 9.84 Å². The van der Waals surface area contributed by atoms with Crippen LogP contribution in [0.25, 0.3) is 10.9 Å². The Kier molecular flexibility index (Phi) is 3.90. The Hall–Kier alpha value is -2.69.